The van der Waals surface area contributed by atoms with E-state index in [1.807, 2.05) is 4.90 Å². The van der Waals surface area contributed by atoms with Gasteiger partial charge in [0.2, 0.25) is 5.91 Å². The van der Waals surface area contributed by atoms with Crippen LogP contribution in [-0.4, -0.2) is 52.9 Å². The molecular formula is C19H23FN4O3. The van der Waals surface area contributed by atoms with Crippen LogP contribution in [0.4, 0.5) is 4.39 Å². The van der Waals surface area contributed by atoms with Crippen molar-refractivity contribution < 1.29 is 18.7 Å². The highest BCUT2D eigenvalue weighted by molar-refractivity contribution is 6.00. The number of nitrogens with zero attached hydrogens (tertiary/aromatic N) is 2. The van der Waals surface area contributed by atoms with Crippen LogP contribution in [0, 0.1) is 11.2 Å². The molecule has 1 saturated carbocycles. The number of ether oxygens (including phenoxy) is 1. The molecule has 0 unspecified atom stereocenters. The van der Waals surface area contributed by atoms with Crippen molar-refractivity contribution in [3.8, 4) is 5.88 Å². The number of carbonyl (C=O) groups is 2. The Bertz CT molecular complexity index is 896. The standard InChI is InChI=1S/C19H23FN4O3/c1-11(18(26)24-7-5-19(3-4-19)6-8-24)22-16(25)13-9-12-14(23-13)10-21-17(27-2)15(12)20/h9-11,23H,3-8H2,1-2H3,(H,22,25)/t11-/m0/s1. The summed E-state index contributed by atoms with van der Waals surface area (Å²) in [4.78, 5) is 33.6. The van der Waals surface area contributed by atoms with Crippen LogP contribution in [0.25, 0.3) is 10.9 Å². The number of halogens is 1. The molecule has 3 heterocycles. The van der Waals surface area contributed by atoms with Gasteiger partial charge < -0.3 is 19.9 Å². The number of aromatic amines is 1. The van der Waals surface area contributed by atoms with E-state index in [1.54, 1.807) is 6.92 Å². The van der Waals surface area contributed by atoms with Crippen molar-refractivity contribution in [3.05, 3.63) is 23.8 Å². The maximum absolute atomic E-state index is 14.2. The van der Waals surface area contributed by atoms with Crippen molar-refractivity contribution in [2.75, 3.05) is 20.2 Å². The Kier molecular flexibility index (Phi) is 4.28. The molecule has 1 saturated heterocycles. The summed E-state index contributed by atoms with van der Waals surface area (Å²) < 4.78 is 19.1. The maximum atomic E-state index is 14.2. The van der Waals surface area contributed by atoms with Gasteiger partial charge in [-0.25, -0.2) is 9.37 Å². The largest absolute Gasteiger partial charge is 0.479 e. The van der Waals surface area contributed by atoms with E-state index in [1.165, 1.54) is 32.2 Å². The average molecular weight is 374 g/mol. The normalized spacial score (nSPS) is 19.1. The molecule has 1 atom stereocenters. The molecule has 2 N–H and O–H groups in total. The van der Waals surface area contributed by atoms with Crippen molar-refractivity contribution in [3.63, 3.8) is 0 Å². The van der Waals surface area contributed by atoms with E-state index in [4.69, 9.17) is 4.74 Å². The Morgan fingerprint density at radius 3 is 2.67 bits per heavy atom. The summed E-state index contributed by atoms with van der Waals surface area (Å²) in [5, 5.41) is 2.92. The van der Waals surface area contributed by atoms with Gasteiger partial charge in [-0.3, -0.25) is 9.59 Å². The number of methoxy groups -OCH3 is 1. The van der Waals surface area contributed by atoms with E-state index in [0.717, 1.165) is 25.9 Å². The third-order valence-electron chi connectivity index (χ3n) is 5.83. The molecule has 7 nitrogen and oxygen atoms in total. The number of fused-ring (bicyclic) bond motifs is 1. The maximum Gasteiger partial charge on any atom is 0.268 e. The average Bonchev–Trinajstić information content (AvgIpc) is 3.26. The molecule has 1 aliphatic heterocycles. The van der Waals surface area contributed by atoms with Crippen molar-refractivity contribution >= 4 is 22.7 Å². The number of aromatic nitrogens is 2. The van der Waals surface area contributed by atoms with Gasteiger partial charge in [0.25, 0.3) is 11.8 Å². The molecule has 4 rings (SSSR count). The third kappa shape index (κ3) is 3.24. The number of rotatable bonds is 4. The molecule has 27 heavy (non-hydrogen) atoms. The summed E-state index contributed by atoms with van der Waals surface area (Å²) in [7, 11) is 1.33. The highest BCUT2D eigenvalue weighted by atomic mass is 19.1. The van der Waals surface area contributed by atoms with Gasteiger partial charge in [0.05, 0.1) is 18.8 Å². The van der Waals surface area contributed by atoms with Crippen molar-refractivity contribution in [2.45, 2.75) is 38.6 Å². The minimum Gasteiger partial charge on any atom is -0.479 e. The minimum atomic E-state index is -0.644. The molecule has 144 valence electrons. The molecule has 0 aromatic carbocycles. The van der Waals surface area contributed by atoms with Crippen LogP contribution in [0.15, 0.2) is 12.3 Å². The molecule has 2 amide bonds. The Morgan fingerprint density at radius 1 is 1.33 bits per heavy atom. The fraction of sp³-hybridized carbons (Fsp3) is 0.526. The molecule has 8 heteroatoms. The SMILES string of the molecule is COc1ncc2[nH]c(C(=O)N[C@@H](C)C(=O)N3CCC4(CC3)CC4)cc2c1F. The summed E-state index contributed by atoms with van der Waals surface area (Å²) in [6.07, 6.45) is 6.06. The van der Waals surface area contributed by atoms with Crippen LogP contribution >= 0.6 is 0 Å². The first-order valence-corrected chi connectivity index (χ1v) is 9.23. The van der Waals surface area contributed by atoms with Gasteiger partial charge in [-0.15, -0.1) is 0 Å². The summed E-state index contributed by atoms with van der Waals surface area (Å²) in [5.74, 6) is -1.29. The van der Waals surface area contributed by atoms with Gasteiger partial charge in [0.15, 0.2) is 5.82 Å². The molecular weight excluding hydrogens is 351 g/mol. The second-order valence-corrected chi connectivity index (χ2v) is 7.61. The van der Waals surface area contributed by atoms with Gasteiger partial charge in [-0.05, 0) is 44.1 Å². The predicted molar refractivity (Wildman–Crippen MR) is 97.0 cm³/mol. The summed E-state index contributed by atoms with van der Waals surface area (Å²) >= 11 is 0. The number of H-pyrrole nitrogens is 1. The second-order valence-electron chi connectivity index (χ2n) is 7.61. The zero-order valence-electron chi connectivity index (χ0n) is 15.5. The molecule has 0 radical (unpaired) electrons. The quantitative estimate of drug-likeness (QED) is 0.859. The number of likely N-dealkylation sites (tertiary alicyclic amines) is 1. The lowest BCUT2D eigenvalue weighted by Crippen LogP contribution is -2.49. The van der Waals surface area contributed by atoms with Crippen molar-refractivity contribution in [1.82, 2.24) is 20.2 Å². The zero-order chi connectivity index (χ0) is 19.2. The lowest BCUT2D eigenvalue weighted by atomic mass is 9.93. The van der Waals surface area contributed by atoms with Crippen LogP contribution < -0.4 is 10.1 Å². The van der Waals surface area contributed by atoms with E-state index in [-0.39, 0.29) is 22.9 Å². The fourth-order valence-corrected chi connectivity index (χ4v) is 3.80. The number of piperidine rings is 1. The Hall–Kier alpha value is -2.64. The van der Waals surface area contributed by atoms with Crippen LogP contribution in [0.2, 0.25) is 0 Å². The second kappa shape index (κ2) is 6.51. The monoisotopic (exact) mass is 374 g/mol. The summed E-state index contributed by atoms with van der Waals surface area (Å²) in [6.45, 7) is 3.18. The van der Waals surface area contributed by atoms with Crippen molar-refractivity contribution in [2.24, 2.45) is 5.41 Å². The number of hydrogen-bond donors (Lipinski definition) is 2. The number of hydrogen-bond acceptors (Lipinski definition) is 4. The topological polar surface area (TPSA) is 87.3 Å². The first-order chi connectivity index (χ1) is 12.9. The minimum absolute atomic E-state index is 0.0792. The molecule has 2 aliphatic rings. The van der Waals surface area contributed by atoms with Gasteiger partial charge >= 0.3 is 0 Å². The van der Waals surface area contributed by atoms with E-state index in [2.05, 4.69) is 15.3 Å². The summed E-state index contributed by atoms with van der Waals surface area (Å²) in [6, 6.07) is 0.758. The predicted octanol–water partition coefficient (Wildman–Crippen LogP) is 2.23. The number of amides is 2. The van der Waals surface area contributed by atoms with E-state index in [9.17, 15) is 14.0 Å². The highest BCUT2D eigenvalue weighted by Crippen LogP contribution is 2.53. The number of carbonyl (C=O) groups excluding carboxylic acids is 2. The van der Waals surface area contributed by atoms with E-state index in [0.29, 0.717) is 10.9 Å². The smallest absolute Gasteiger partial charge is 0.268 e. The fourth-order valence-electron chi connectivity index (χ4n) is 3.80. The van der Waals surface area contributed by atoms with Gasteiger partial charge in [-0.2, -0.15) is 0 Å². The van der Waals surface area contributed by atoms with Crippen LogP contribution in [0.5, 0.6) is 5.88 Å². The first kappa shape index (κ1) is 17.8. The molecule has 1 spiro atoms. The number of nitrogens with one attached hydrogen (secondary N) is 2. The Labute approximate surface area is 156 Å². The zero-order valence-corrected chi connectivity index (χ0v) is 15.5. The van der Waals surface area contributed by atoms with Crippen molar-refractivity contribution in [1.29, 1.82) is 0 Å². The highest BCUT2D eigenvalue weighted by Gasteiger charge is 2.45. The molecule has 2 aromatic rings. The first-order valence-electron chi connectivity index (χ1n) is 9.23. The number of pyridine rings is 1. The van der Waals surface area contributed by atoms with Crippen LogP contribution in [0.1, 0.15) is 43.1 Å². The lowest BCUT2D eigenvalue weighted by Gasteiger charge is -2.33. The molecule has 0 bridgehead atoms. The Morgan fingerprint density at radius 2 is 2.04 bits per heavy atom. The summed E-state index contributed by atoms with van der Waals surface area (Å²) in [5.41, 5.74) is 1.06. The molecule has 2 fully saturated rings. The van der Waals surface area contributed by atoms with Gasteiger partial charge in [-0.1, -0.05) is 0 Å². The lowest BCUT2D eigenvalue weighted by molar-refractivity contribution is -0.134. The van der Waals surface area contributed by atoms with Gasteiger partial charge in [0.1, 0.15) is 11.7 Å². The van der Waals surface area contributed by atoms with E-state index >= 15 is 0 Å². The van der Waals surface area contributed by atoms with E-state index < -0.39 is 17.8 Å². The van der Waals surface area contributed by atoms with Gasteiger partial charge in [0, 0.05) is 18.5 Å². The van der Waals surface area contributed by atoms with Crippen LogP contribution in [0.3, 0.4) is 0 Å². The molecule has 2 aromatic heterocycles. The third-order valence-corrected chi connectivity index (χ3v) is 5.83. The van der Waals surface area contributed by atoms with Crippen LogP contribution in [-0.2, 0) is 4.79 Å². The Balaban J connectivity index is 1.43. The molecule has 1 aliphatic carbocycles.